The molecule has 26 heteroatoms. The molecule has 13 heterocycles. The van der Waals surface area contributed by atoms with Crippen LogP contribution in [0.1, 0.15) is 55.5 Å². The summed E-state index contributed by atoms with van der Waals surface area (Å²) in [5.41, 5.74) is 16.8. The Balaban J connectivity index is 0.000000119. The quantitative estimate of drug-likeness (QED) is 0.0462. The number of aliphatic imine (C=N–C) groups is 1. The number of aromatic amines is 4. The maximum Gasteiger partial charge on any atom is 0.236 e. The van der Waals surface area contributed by atoms with Crippen molar-refractivity contribution in [2.75, 3.05) is 17.2 Å². The highest BCUT2D eigenvalue weighted by Crippen LogP contribution is 2.43. The van der Waals surface area contributed by atoms with Crippen molar-refractivity contribution >= 4 is 79.7 Å². The summed E-state index contributed by atoms with van der Waals surface area (Å²) in [6.45, 7) is 18.0. The number of aryl methyl sites for hydroxylation is 2. The van der Waals surface area contributed by atoms with Gasteiger partial charge in [-0.3, -0.25) is 15.2 Å². The van der Waals surface area contributed by atoms with Crippen molar-refractivity contribution in [3.63, 3.8) is 0 Å². The van der Waals surface area contributed by atoms with E-state index in [0.717, 1.165) is 155 Å². The molecule has 3 aromatic carbocycles. The summed E-state index contributed by atoms with van der Waals surface area (Å²) in [4.78, 5) is 58.7. The van der Waals surface area contributed by atoms with Gasteiger partial charge in [0, 0.05) is 111 Å². The van der Waals surface area contributed by atoms with Gasteiger partial charge in [0.1, 0.15) is 61.0 Å². The molecule has 0 fully saturated rings. The standard InChI is InChI=1S/C21H17N5.C20H18N6S.C17H11ClN4S.C15H16N6OS/c1-14-19(18-9-5-6-12-26(18)25-14)17-13-16(21-22-10-11-23-21)20(24-17)15-7-3-2-4-8-15;1-12(2)23-16-10-15(9-13(3)24-16)20-25-17(14-7-5-4-6-8-14)18(27-20)19-21-11-22-26-19;18-13-10-12(6-7-19-13)17-22-14(11-4-2-1-3-5-11)15(23-17)16-20-8-9-21-16;1-4-22-14-12(13-17-8-18-21-13)23-15(20-14)10-5-6-16-11(7-10)19-9(2)3/h2-12H,13H2,1H3,(H,22,23);4-11H,1H2,2-3H3,(H,23,24)(H,21,22,26);1-10H,(H,20,21);5-8H,2,4H2,1,3H3,(H,16,19)(H,17,18,21). The molecule has 99 heavy (non-hydrogen) atoms. The lowest BCUT2D eigenvalue weighted by molar-refractivity contribution is 0.330. The summed E-state index contributed by atoms with van der Waals surface area (Å²) in [5, 5.41) is 27.7. The number of thiazole rings is 3. The number of hydrogen-bond acceptors (Lipinski definition) is 20. The van der Waals surface area contributed by atoms with Crippen molar-refractivity contribution in [2.24, 2.45) is 4.99 Å². The van der Waals surface area contributed by atoms with Crippen LogP contribution in [0.5, 0.6) is 5.88 Å². The zero-order valence-corrected chi connectivity index (χ0v) is 57.3. The Morgan fingerprint density at radius 3 is 1.72 bits per heavy atom. The first-order chi connectivity index (χ1) is 48.4. The van der Waals surface area contributed by atoms with Crippen LogP contribution in [0, 0.1) is 13.8 Å². The van der Waals surface area contributed by atoms with Gasteiger partial charge in [0.2, 0.25) is 5.88 Å². The van der Waals surface area contributed by atoms with Crippen LogP contribution in [-0.4, -0.2) is 102 Å². The molecule has 22 nitrogen and oxygen atoms in total. The van der Waals surface area contributed by atoms with Gasteiger partial charge in [-0.25, -0.2) is 54.4 Å². The van der Waals surface area contributed by atoms with E-state index in [4.69, 9.17) is 31.3 Å². The zero-order valence-electron chi connectivity index (χ0n) is 54.1. The minimum absolute atomic E-state index is 0.457. The van der Waals surface area contributed by atoms with E-state index in [1.165, 1.54) is 24.0 Å². The van der Waals surface area contributed by atoms with Crippen molar-refractivity contribution in [3.05, 3.63) is 260 Å². The van der Waals surface area contributed by atoms with Crippen LogP contribution >= 0.6 is 45.6 Å². The first kappa shape index (κ1) is 65.6. The van der Waals surface area contributed by atoms with E-state index in [0.29, 0.717) is 29.3 Å². The molecule has 0 amide bonds. The van der Waals surface area contributed by atoms with Gasteiger partial charge in [0.15, 0.2) is 11.6 Å². The minimum atomic E-state index is 0.457. The van der Waals surface area contributed by atoms with Crippen LogP contribution in [0.4, 0.5) is 11.6 Å². The van der Waals surface area contributed by atoms with Gasteiger partial charge in [0.05, 0.1) is 50.4 Å². The number of allylic oxidation sites excluding steroid dienone is 3. The molecule has 15 aromatic rings. The predicted molar refractivity (Wildman–Crippen MR) is 396 cm³/mol. The Morgan fingerprint density at radius 2 is 1.11 bits per heavy atom. The predicted octanol–water partition coefficient (Wildman–Crippen LogP) is 17.3. The average Bonchev–Trinajstić information content (AvgIpc) is 1.62. The lowest BCUT2D eigenvalue weighted by atomic mass is 10.0. The van der Waals surface area contributed by atoms with E-state index in [9.17, 15) is 0 Å². The number of aromatic nitrogens is 18. The van der Waals surface area contributed by atoms with Crippen molar-refractivity contribution < 1.29 is 4.74 Å². The normalized spacial score (nSPS) is 11.6. The number of H-pyrrole nitrogens is 4. The van der Waals surface area contributed by atoms with Gasteiger partial charge in [-0.05, 0) is 83.1 Å². The van der Waals surface area contributed by atoms with Crippen molar-refractivity contribution in [2.45, 2.75) is 41.0 Å². The highest BCUT2D eigenvalue weighted by molar-refractivity contribution is 7.19. The van der Waals surface area contributed by atoms with Crippen molar-refractivity contribution in [1.29, 1.82) is 0 Å². The number of imidazole rings is 2. The number of anilines is 2. The van der Waals surface area contributed by atoms with Crippen LogP contribution in [0.3, 0.4) is 0 Å². The Labute approximate surface area is 585 Å². The minimum Gasteiger partial charge on any atom is -0.477 e. The van der Waals surface area contributed by atoms with E-state index in [-0.39, 0.29) is 0 Å². The van der Waals surface area contributed by atoms with Crippen LogP contribution < -0.4 is 15.4 Å². The highest BCUT2D eigenvalue weighted by atomic mass is 35.5. The molecule has 0 radical (unpaired) electrons. The number of nitrogens with one attached hydrogen (secondary N) is 6. The van der Waals surface area contributed by atoms with Gasteiger partial charge < -0.3 is 25.3 Å². The Kier molecular flexibility index (Phi) is 20.1. The van der Waals surface area contributed by atoms with Gasteiger partial charge >= 0.3 is 0 Å². The first-order valence-corrected chi connectivity index (χ1v) is 33.9. The summed E-state index contributed by atoms with van der Waals surface area (Å²) < 4.78 is 7.54. The van der Waals surface area contributed by atoms with Gasteiger partial charge in [-0.1, -0.05) is 122 Å². The average molecular weight is 1380 g/mol. The second-order valence-electron chi connectivity index (χ2n) is 22.2. The fraction of sp³-hybridized carbons (Fsp3) is 0.0959. The summed E-state index contributed by atoms with van der Waals surface area (Å²) in [6, 6.07) is 48.1. The Morgan fingerprint density at radius 1 is 0.556 bits per heavy atom. The summed E-state index contributed by atoms with van der Waals surface area (Å²) in [5.74, 6) is 5.08. The van der Waals surface area contributed by atoms with Crippen LogP contribution in [-0.2, 0) is 0 Å². The van der Waals surface area contributed by atoms with E-state index in [1.54, 1.807) is 47.5 Å². The third-order valence-corrected chi connectivity index (χ3v) is 18.3. The maximum atomic E-state index is 6.01. The SMILES string of the molecule is C=C(C)Nc1cc(-c2nc(-c3ccccc3)c(-c3ncn[nH]3)s2)cc(C)n1.C=C(C)Nc1cc(-c2nc(OCC)c(-c3ncn[nH]3)s2)ccn1.Cc1nn2ccccc2c1C1=NC(c2ccccc2)=C(c2ncc[nH]2)C1.Clc1cc(-c2nc(-c3ccccc3)c(-c3ncc[nH]3)s2)ccn1. The molecule has 1 aliphatic heterocycles. The molecule has 6 N–H and O–H groups in total. The largest absolute Gasteiger partial charge is 0.477 e. The fourth-order valence-electron chi connectivity index (χ4n) is 10.7. The van der Waals surface area contributed by atoms with Gasteiger partial charge in [-0.15, -0.1) is 34.0 Å². The third-order valence-electron chi connectivity index (χ3n) is 14.8. The second kappa shape index (κ2) is 30.4. The number of halogens is 1. The molecule has 0 atom stereocenters. The summed E-state index contributed by atoms with van der Waals surface area (Å²) >= 11 is 10.7. The summed E-state index contributed by atoms with van der Waals surface area (Å²) in [6.07, 6.45) is 16.3. The topological polar surface area (TPSA) is 281 Å². The molecule has 0 aliphatic carbocycles. The number of pyridine rings is 4. The van der Waals surface area contributed by atoms with Crippen molar-refractivity contribution in [1.82, 2.24) is 89.8 Å². The molecule has 1 aliphatic rings. The molecular weight excluding hydrogens is 1320 g/mol. The van der Waals surface area contributed by atoms with E-state index >= 15 is 0 Å². The highest BCUT2D eigenvalue weighted by Gasteiger charge is 2.27. The molecule has 12 aromatic heterocycles. The van der Waals surface area contributed by atoms with Gasteiger partial charge in [-0.2, -0.15) is 15.3 Å². The first-order valence-electron chi connectivity index (χ1n) is 31.1. The second-order valence-corrected chi connectivity index (χ2v) is 25.5. The van der Waals surface area contributed by atoms with E-state index in [1.807, 2.05) is 185 Å². The molecule has 0 spiro atoms. The lowest BCUT2D eigenvalue weighted by Gasteiger charge is -2.07. The molecular formula is C73H62ClN21OS3. The number of rotatable bonds is 17. The lowest BCUT2D eigenvalue weighted by Crippen LogP contribution is -2.00. The molecule has 490 valence electrons. The zero-order chi connectivity index (χ0) is 68.2. The monoisotopic (exact) mass is 1380 g/mol. The smallest absolute Gasteiger partial charge is 0.236 e. The molecule has 0 saturated carbocycles. The third kappa shape index (κ3) is 15.5. The fourth-order valence-corrected chi connectivity index (χ4v) is 13.8. The van der Waals surface area contributed by atoms with E-state index in [2.05, 4.69) is 117 Å². The molecule has 16 rings (SSSR count). The van der Waals surface area contributed by atoms with Crippen LogP contribution in [0.25, 0.3) is 103 Å². The van der Waals surface area contributed by atoms with Crippen LogP contribution in [0.2, 0.25) is 5.15 Å². The number of ether oxygens (including phenoxy) is 1. The maximum absolute atomic E-state index is 6.01. The number of nitrogens with zero attached hydrogens (tertiary/aromatic N) is 15. The number of fused-ring (bicyclic) bond motifs is 1. The van der Waals surface area contributed by atoms with Crippen molar-refractivity contribution in [3.8, 4) is 92.2 Å². The summed E-state index contributed by atoms with van der Waals surface area (Å²) in [7, 11) is 0. The number of hydrogen-bond donors (Lipinski definition) is 6. The Hall–Kier alpha value is -12.0. The van der Waals surface area contributed by atoms with E-state index < -0.39 is 0 Å². The molecule has 0 saturated heterocycles. The van der Waals surface area contributed by atoms with Crippen LogP contribution in [0.15, 0.2) is 231 Å². The molecule has 0 unspecified atom stereocenters. The Bertz CT molecular complexity index is 5300. The molecule has 0 bridgehead atoms. The number of benzene rings is 3. The van der Waals surface area contributed by atoms with Gasteiger partial charge in [0.25, 0.3) is 0 Å².